The molecule has 0 amide bonds. The number of nitrogens with one attached hydrogen (secondary N) is 1. The van der Waals surface area contributed by atoms with Crippen LogP contribution in [0.3, 0.4) is 0 Å². The molecule has 0 aromatic carbocycles. The van der Waals surface area contributed by atoms with Crippen LogP contribution in [-0.4, -0.2) is 43.4 Å². The molecule has 1 atom stereocenters. The molecular formula is C15H19N7O. The van der Waals surface area contributed by atoms with Crippen LogP contribution in [-0.2, 0) is 11.3 Å². The van der Waals surface area contributed by atoms with Crippen molar-refractivity contribution in [3.63, 3.8) is 0 Å². The summed E-state index contributed by atoms with van der Waals surface area (Å²) < 4.78 is 7.04. The number of H-pyrrole nitrogens is 1. The molecule has 0 saturated carbocycles. The van der Waals surface area contributed by atoms with Crippen LogP contribution in [0.5, 0.6) is 0 Å². The van der Waals surface area contributed by atoms with Crippen LogP contribution >= 0.6 is 0 Å². The van der Waals surface area contributed by atoms with Crippen molar-refractivity contribution in [3.05, 3.63) is 36.0 Å². The number of nitrogens with zero attached hydrogens (tertiary/aromatic N) is 6. The van der Waals surface area contributed by atoms with E-state index in [0.717, 1.165) is 30.9 Å². The van der Waals surface area contributed by atoms with Gasteiger partial charge in [0.15, 0.2) is 0 Å². The molecule has 23 heavy (non-hydrogen) atoms. The molecule has 8 heteroatoms. The summed E-state index contributed by atoms with van der Waals surface area (Å²) >= 11 is 0. The Morgan fingerprint density at radius 1 is 1.39 bits per heavy atom. The average molecular weight is 313 g/mol. The maximum absolute atomic E-state index is 5.24. The molecule has 1 saturated heterocycles. The van der Waals surface area contributed by atoms with Gasteiger partial charge >= 0.3 is 0 Å². The van der Waals surface area contributed by atoms with Crippen molar-refractivity contribution in [3.8, 4) is 0 Å². The molecule has 0 radical (unpaired) electrons. The summed E-state index contributed by atoms with van der Waals surface area (Å²) in [4.78, 5) is 11.1. The summed E-state index contributed by atoms with van der Waals surface area (Å²) in [5.74, 6) is 1.61. The third-order valence-corrected chi connectivity index (χ3v) is 4.28. The summed E-state index contributed by atoms with van der Waals surface area (Å²) in [5.41, 5.74) is 2.06. The number of hydrogen-bond donors (Lipinski definition) is 1. The van der Waals surface area contributed by atoms with Crippen molar-refractivity contribution < 1.29 is 4.74 Å². The maximum Gasteiger partial charge on any atom is 0.254 e. The van der Waals surface area contributed by atoms with Crippen LogP contribution in [0.25, 0.3) is 5.78 Å². The largest absolute Gasteiger partial charge is 0.378 e. The lowest BCUT2D eigenvalue weighted by Gasteiger charge is -2.37. The predicted molar refractivity (Wildman–Crippen MR) is 84.0 cm³/mol. The summed E-state index contributed by atoms with van der Waals surface area (Å²) in [6, 6.07) is 2.33. The Morgan fingerprint density at radius 3 is 3.17 bits per heavy atom. The Morgan fingerprint density at radius 2 is 2.35 bits per heavy atom. The fourth-order valence-corrected chi connectivity index (χ4v) is 3.27. The molecule has 0 spiro atoms. The van der Waals surface area contributed by atoms with Crippen molar-refractivity contribution in [2.45, 2.75) is 31.9 Å². The fraction of sp³-hybridized carbons (Fsp3) is 0.467. The first kappa shape index (κ1) is 14.1. The van der Waals surface area contributed by atoms with E-state index in [1.807, 2.05) is 18.5 Å². The van der Waals surface area contributed by atoms with E-state index in [0.29, 0.717) is 12.4 Å². The summed E-state index contributed by atoms with van der Waals surface area (Å²) in [6.07, 6.45) is 8.88. The average Bonchev–Trinajstić information content (AvgIpc) is 3.26. The van der Waals surface area contributed by atoms with Gasteiger partial charge in [-0.15, -0.1) is 0 Å². The van der Waals surface area contributed by atoms with Crippen molar-refractivity contribution in [2.24, 2.45) is 0 Å². The van der Waals surface area contributed by atoms with Gasteiger partial charge < -0.3 is 9.64 Å². The first-order valence-corrected chi connectivity index (χ1v) is 7.81. The monoisotopic (exact) mass is 313 g/mol. The molecule has 0 aliphatic carbocycles. The van der Waals surface area contributed by atoms with Crippen LogP contribution < -0.4 is 4.90 Å². The highest BCUT2D eigenvalue weighted by Crippen LogP contribution is 2.34. The minimum Gasteiger partial charge on any atom is -0.378 e. The van der Waals surface area contributed by atoms with E-state index in [-0.39, 0.29) is 6.04 Å². The molecule has 0 bridgehead atoms. The Labute approximate surface area is 133 Å². The standard InChI is InChI=1S/C15H19N7O/c1-23-9-12-6-14(22-15(20-12)16-10-19-22)21-5-3-2-4-13(21)11-7-17-18-8-11/h6-8,10,13H,2-5,9H2,1H3,(H,17,18)/t13-/m0/s1. The molecule has 8 nitrogen and oxygen atoms in total. The Bertz CT molecular complexity index is 782. The van der Waals surface area contributed by atoms with E-state index in [1.54, 1.807) is 18.0 Å². The minimum atomic E-state index is 0.285. The van der Waals surface area contributed by atoms with Gasteiger partial charge in [0.25, 0.3) is 5.78 Å². The van der Waals surface area contributed by atoms with Gasteiger partial charge in [0.1, 0.15) is 12.1 Å². The predicted octanol–water partition coefficient (Wildman–Crippen LogP) is 1.73. The maximum atomic E-state index is 5.24. The number of methoxy groups -OCH3 is 1. The molecule has 1 fully saturated rings. The highest BCUT2D eigenvalue weighted by Gasteiger charge is 2.27. The Balaban J connectivity index is 1.80. The van der Waals surface area contributed by atoms with Crippen molar-refractivity contribution in [1.29, 1.82) is 0 Å². The molecule has 3 aromatic heterocycles. The molecule has 3 aromatic rings. The van der Waals surface area contributed by atoms with Gasteiger partial charge in [-0.1, -0.05) is 0 Å². The summed E-state index contributed by atoms with van der Waals surface area (Å²) in [7, 11) is 1.67. The molecule has 1 aliphatic heterocycles. The van der Waals surface area contributed by atoms with Crippen molar-refractivity contribution in [2.75, 3.05) is 18.6 Å². The zero-order valence-electron chi connectivity index (χ0n) is 13.0. The molecule has 4 heterocycles. The second-order valence-corrected chi connectivity index (χ2v) is 5.75. The zero-order chi connectivity index (χ0) is 15.6. The van der Waals surface area contributed by atoms with Gasteiger partial charge in [0.05, 0.1) is 24.5 Å². The van der Waals surface area contributed by atoms with Gasteiger partial charge in [0.2, 0.25) is 0 Å². The quantitative estimate of drug-likeness (QED) is 0.789. The lowest BCUT2D eigenvalue weighted by Crippen LogP contribution is -2.35. The number of fused-ring (bicyclic) bond motifs is 1. The van der Waals surface area contributed by atoms with Crippen LogP contribution in [0.1, 0.15) is 36.6 Å². The SMILES string of the molecule is COCc1cc(N2CCCC[C@H]2c2cn[nH]c2)n2ncnc2n1. The van der Waals surface area contributed by atoms with E-state index in [1.165, 1.54) is 12.0 Å². The Kier molecular flexibility index (Phi) is 3.66. The van der Waals surface area contributed by atoms with Gasteiger partial charge in [-0.25, -0.2) is 4.98 Å². The fourth-order valence-electron chi connectivity index (χ4n) is 3.27. The van der Waals surface area contributed by atoms with E-state index >= 15 is 0 Å². The molecule has 120 valence electrons. The first-order chi connectivity index (χ1) is 11.4. The topological polar surface area (TPSA) is 84.2 Å². The van der Waals surface area contributed by atoms with Crippen molar-refractivity contribution >= 4 is 11.6 Å². The summed E-state index contributed by atoms with van der Waals surface area (Å²) in [6.45, 7) is 1.43. The molecular weight excluding hydrogens is 294 g/mol. The van der Waals surface area contributed by atoms with Crippen LogP contribution in [0, 0.1) is 0 Å². The second-order valence-electron chi connectivity index (χ2n) is 5.75. The van der Waals surface area contributed by atoms with Crippen LogP contribution in [0.15, 0.2) is 24.8 Å². The lowest BCUT2D eigenvalue weighted by molar-refractivity contribution is 0.181. The summed E-state index contributed by atoms with van der Waals surface area (Å²) in [5, 5.41) is 11.4. The second kappa shape index (κ2) is 5.96. The van der Waals surface area contributed by atoms with E-state index in [4.69, 9.17) is 4.74 Å². The van der Waals surface area contributed by atoms with E-state index < -0.39 is 0 Å². The molecule has 1 aliphatic rings. The van der Waals surface area contributed by atoms with E-state index in [9.17, 15) is 0 Å². The van der Waals surface area contributed by atoms with Gasteiger partial charge in [0, 0.05) is 31.5 Å². The van der Waals surface area contributed by atoms with Crippen LogP contribution in [0.4, 0.5) is 5.82 Å². The van der Waals surface area contributed by atoms with Gasteiger partial charge in [-0.2, -0.15) is 19.7 Å². The number of ether oxygens (including phenoxy) is 1. The highest BCUT2D eigenvalue weighted by molar-refractivity contribution is 5.49. The van der Waals surface area contributed by atoms with E-state index in [2.05, 4.69) is 30.2 Å². The number of rotatable bonds is 4. The lowest BCUT2D eigenvalue weighted by atomic mass is 9.97. The molecule has 0 unspecified atom stereocenters. The normalized spacial score (nSPS) is 18.7. The molecule has 1 N–H and O–H groups in total. The minimum absolute atomic E-state index is 0.285. The number of aromatic amines is 1. The number of anilines is 1. The number of aromatic nitrogens is 6. The Hall–Kier alpha value is -2.48. The first-order valence-electron chi connectivity index (χ1n) is 7.81. The smallest absolute Gasteiger partial charge is 0.254 e. The zero-order valence-corrected chi connectivity index (χ0v) is 13.0. The van der Waals surface area contributed by atoms with Crippen molar-refractivity contribution in [1.82, 2.24) is 29.8 Å². The molecule has 4 rings (SSSR count). The third kappa shape index (κ3) is 2.55. The van der Waals surface area contributed by atoms with Gasteiger partial charge in [-0.3, -0.25) is 5.10 Å². The highest BCUT2D eigenvalue weighted by atomic mass is 16.5. The number of piperidine rings is 1. The van der Waals surface area contributed by atoms with Gasteiger partial charge in [-0.05, 0) is 19.3 Å². The van der Waals surface area contributed by atoms with Crippen LogP contribution in [0.2, 0.25) is 0 Å². The third-order valence-electron chi connectivity index (χ3n) is 4.28. The number of hydrogen-bond acceptors (Lipinski definition) is 6.